The van der Waals surface area contributed by atoms with Crippen LogP contribution < -0.4 is 0 Å². The fraction of sp³-hybridized carbons (Fsp3) is 0.579. The van der Waals surface area contributed by atoms with Crippen LogP contribution in [-0.2, 0) is 11.2 Å². The maximum Gasteiger partial charge on any atom is 0.236 e. The molecule has 1 aromatic heterocycles. The Morgan fingerprint density at radius 3 is 3.08 bits per heavy atom. The molecular weight excluding hydrogens is 316 g/mol. The van der Waals surface area contributed by atoms with E-state index < -0.39 is 0 Å². The van der Waals surface area contributed by atoms with Crippen LogP contribution >= 0.6 is 0 Å². The SMILES string of the molecule is CCN(CCc1nc2ccc(C)cc2[nH]1)C(=O)CN1CCCC(O)C1. The second kappa shape index (κ2) is 7.97. The lowest BCUT2D eigenvalue weighted by molar-refractivity contribution is -0.132. The van der Waals surface area contributed by atoms with Crippen molar-refractivity contribution in [1.82, 2.24) is 19.8 Å². The number of nitrogens with one attached hydrogen (secondary N) is 1. The van der Waals surface area contributed by atoms with Gasteiger partial charge in [0.05, 0.1) is 23.7 Å². The first-order valence-electron chi connectivity index (χ1n) is 9.18. The predicted octanol–water partition coefficient (Wildman–Crippen LogP) is 1.72. The fourth-order valence-corrected chi connectivity index (χ4v) is 3.46. The van der Waals surface area contributed by atoms with Crippen LogP contribution in [0.1, 0.15) is 31.2 Å². The van der Waals surface area contributed by atoms with E-state index in [1.54, 1.807) is 0 Å². The van der Waals surface area contributed by atoms with Crippen molar-refractivity contribution in [2.75, 3.05) is 32.7 Å². The van der Waals surface area contributed by atoms with E-state index in [2.05, 4.69) is 33.9 Å². The van der Waals surface area contributed by atoms with Gasteiger partial charge < -0.3 is 15.0 Å². The molecule has 3 rings (SSSR count). The Labute approximate surface area is 148 Å². The van der Waals surface area contributed by atoms with Crippen molar-refractivity contribution < 1.29 is 9.90 Å². The summed E-state index contributed by atoms with van der Waals surface area (Å²) in [5.74, 6) is 1.05. The van der Waals surface area contributed by atoms with Gasteiger partial charge in [-0.15, -0.1) is 0 Å². The number of imidazole rings is 1. The number of hydrogen-bond donors (Lipinski definition) is 2. The summed E-state index contributed by atoms with van der Waals surface area (Å²) in [5.41, 5.74) is 3.22. The maximum atomic E-state index is 12.6. The number of fused-ring (bicyclic) bond motifs is 1. The summed E-state index contributed by atoms with van der Waals surface area (Å²) in [6, 6.07) is 6.17. The van der Waals surface area contributed by atoms with Gasteiger partial charge in [0.2, 0.25) is 5.91 Å². The zero-order valence-corrected chi connectivity index (χ0v) is 15.2. The second-order valence-corrected chi connectivity index (χ2v) is 6.96. The number of aryl methyl sites for hydroxylation is 1. The molecule has 1 saturated heterocycles. The van der Waals surface area contributed by atoms with E-state index in [-0.39, 0.29) is 12.0 Å². The van der Waals surface area contributed by atoms with Gasteiger partial charge in [-0.05, 0) is 50.9 Å². The number of likely N-dealkylation sites (N-methyl/N-ethyl adjacent to an activating group) is 1. The highest BCUT2D eigenvalue weighted by Gasteiger charge is 2.22. The van der Waals surface area contributed by atoms with Crippen LogP contribution in [0.4, 0.5) is 0 Å². The van der Waals surface area contributed by atoms with Crippen molar-refractivity contribution in [2.24, 2.45) is 0 Å². The normalized spacial score (nSPS) is 18.6. The van der Waals surface area contributed by atoms with Crippen molar-refractivity contribution in [2.45, 2.75) is 39.2 Å². The molecule has 1 fully saturated rings. The fourth-order valence-electron chi connectivity index (χ4n) is 3.46. The Bertz CT molecular complexity index is 727. The van der Waals surface area contributed by atoms with Crippen molar-refractivity contribution in [3.63, 3.8) is 0 Å². The van der Waals surface area contributed by atoms with Crippen LogP contribution in [0.5, 0.6) is 0 Å². The maximum absolute atomic E-state index is 12.6. The highest BCUT2D eigenvalue weighted by atomic mass is 16.3. The molecule has 6 heteroatoms. The Morgan fingerprint density at radius 2 is 2.32 bits per heavy atom. The molecule has 1 atom stereocenters. The number of aromatic amines is 1. The van der Waals surface area contributed by atoms with Crippen molar-refractivity contribution >= 4 is 16.9 Å². The Kier molecular flexibility index (Phi) is 5.71. The number of carbonyl (C=O) groups excluding carboxylic acids is 1. The molecule has 25 heavy (non-hydrogen) atoms. The number of rotatable bonds is 6. The average Bonchev–Trinajstić information content (AvgIpc) is 2.97. The van der Waals surface area contributed by atoms with Gasteiger partial charge in [0.25, 0.3) is 0 Å². The lowest BCUT2D eigenvalue weighted by Gasteiger charge is -2.31. The van der Waals surface area contributed by atoms with Crippen LogP contribution in [0.3, 0.4) is 0 Å². The smallest absolute Gasteiger partial charge is 0.236 e. The number of hydrogen-bond acceptors (Lipinski definition) is 4. The number of aliphatic hydroxyl groups excluding tert-OH is 1. The zero-order chi connectivity index (χ0) is 17.8. The molecule has 1 aliphatic rings. The molecule has 6 nitrogen and oxygen atoms in total. The van der Waals surface area contributed by atoms with Crippen molar-refractivity contribution in [1.29, 1.82) is 0 Å². The second-order valence-electron chi connectivity index (χ2n) is 6.96. The number of aromatic nitrogens is 2. The standard InChI is InChI=1S/C19H28N4O2/c1-3-23(19(25)13-22-9-4-5-15(24)12-22)10-8-18-20-16-7-6-14(2)11-17(16)21-18/h6-7,11,15,24H,3-5,8-10,12-13H2,1-2H3,(H,20,21). The first kappa shape index (κ1) is 17.9. The van der Waals surface area contributed by atoms with Gasteiger partial charge in [0, 0.05) is 26.1 Å². The van der Waals surface area contributed by atoms with E-state index >= 15 is 0 Å². The lowest BCUT2D eigenvalue weighted by Crippen LogP contribution is -2.46. The minimum absolute atomic E-state index is 0.128. The number of aliphatic hydroxyl groups is 1. The molecule has 0 bridgehead atoms. The largest absolute Gasteiger partial charge is 0.392 e. The van der Waals surface area contributed by atoms with Gasteiger partial charge in [0.1, 0.15) is 5.82 Å². The number of benzene rings is 1. The number of β-amino-alcohol motifs (C(OH)–C–C–N with tert-alkyl or cyclic N) is 1. The summed E-state index contributed by atoms with van der Waals surface area (Å²) in [6.45, 7) is 7.30. The third-order valence-electron chi connectivity index (χ3n) is 4.88. The van der Waals surface area contributed by atoms with Gasteiger partial charge in [-0.3, -0.25) is 9.69 Å². The lowest BCUT2D eigenvalue weighted by atomic mass is 10.1. The van der Waals surface area contributed by atoms with Gasteiger partial charge >= 0.3 is 0 Å². The molecule has 0 spiro atoms. The summed E-state index contributed by atoms with van der Waals surface area (Å²) in [4.78, 5) is 24.4. The van der Waals surface area contributed by atoms with Crippen LogP contribution in [0, 0.1) is 6.92 Å². The number of amides is 1. The molecule has 1 aliphatic heterocycles. The molecule has 1 amide bonds. The summed E-state index contributed by atoms with van der Waals surface area (Å²) >= 11 is 0. The van der Waals surface area contributed by atoms with Crippen LogP contribution in [-0.4, -0.2) is 69.6 Å². The quantitative estimate of drug-likeness (QED) is 0.837. The Balaban J connectivity index is 1.56. The van der Waals surface area contributed by atoms with Gasteiger partial charge in [0.15, 0.2) is 0 Å². The average molecular weight is 344 g/mol. The van der Waals surface area contributed by atoms with Crippen molar-refractivity contribution in [3.8, 4) is 0 Å². The van der Waals surface area contributed by atoms with Gasteiger partial charge in [-0.2, -0.15) is 0 Å². The molecule has 1 aromatic carbocycles. The predicted molar refractivity (Wildman–Crippen MR) is 98.5 cm³/mol. The number of H-pyrrole nitrogens is 1. The number of carbonyl (C=O) groups is 1. The van der Waals surface area contributed by atoms with E-state index in [0.29, 0.717) is 26.2 Å². The Hall–Kier alpha value is -1.92. The van der Waals surface area contributed by atoms with E-state index in [4.69, 9.17) is 0 Å². The summed E-state index contributed by atoms with van der Waals surface area (Å²) in [5, 5.41) is 9.75. The molecule has 136 valence electrons. The minimum atomic E-state index is -0.296. The third-order valence-corrected chi connectivity index (χ3v) is 4.88. The number of nitrogens with zero attached hydrogens (tertiary/aromatic N) is 3. The third kappa shape index (κ3) is 4.58. The summed E-state index contributed by atoms with van der Waals surface area (Å²) < 4.78 is 0. The van der Waals surface area contributed by atoms with Crippen LogP contribution in [0.15, 0.2) is 18.2 Å². The first-order chi connectivity index (χ1) is 12.0. The Morgan fingerprint density at radius 1 is 1.48 bits per heavy atom. The molecule has 0 saturated carbocycles. The molecule has 2 aromatic rings. The van der Waals surface area contributed by atoms with E-state index in [1.807, 2.05) is 17.9 Å². The number of likely N-dealkylation sites (tertiary alicyclic amines) is 1. The molecular formula is C19H28N4O2. The topological polar surface area (TPSA) is 72.5 Å². The molecule has 2 N–H and O–H groups in total. The molecule has 1 unspecified atom stereocenters. The molecule has 0 radical (unpaired) electrons. The molecule has 2 heterocycles. The van der Waals surface area contributed by atoms with Crippen molar-refractivity contribution in [3.05, 3.63) is 29.6 Å². The minimum Gasteiger partial charge on any atom is -0.392 e. The summed E-state index contributed by atoms with van der Waals surface area (Å²) in [7, 11) is 0. The monoisotopic (exact) mass is 344 g/mol. The van der Waals surface area contributed by atoms with E-state index in [1.165, 1.54) is 5.56 Å². The zero-order valence-electron chi connectivity index (χ0n) is 15.2. The van der Waals surface area contributed by atoms with Crippen LogP contribution in [0.2, 0.25) is 0 Å². The highest BCUT2D eigenvalue weighted by Crippen LogP contribution is 2.14. The first-order valence-corrected chi connectivity index (χ1v) is 9.18. The van der Waals surface area contributed by atoms with E-state index in [9.17, 15) is 9.90 Å². The summed E-state index contributed by atoms with van der Waals surface area (Å²) in [6.07, 6.45) is 2.22. The number of piperidine rings is 1. The van der Waals surface area contributed by atoms with Gasteiger partial charge in [-0.1, -0.05) is 6.07 Å². The van der Waals surface area contributed by atoms with E-state index in [0.717, 1.165) is 42.7 Å². The van der Waals surface area contributed by atoms with Crippen LogP contribution in [0.25, 0.3) is 11.0 Å². The van der Waals surface area contributed by atoms with Gasteiger partial charge in [-0.25, -0.2) is 4.98 Å². The molecule has 0 aliphatic carbocycles. The highest BCUT2D eigenvalue weighted by molar-refractivity contribution is 5.78.